The Kier molecular flexibility index (Phi) is 34.8. The average molecular weight is 1060 g/mol. The summed E-state index contributed by atoms with van der Waals surface area (Å²) in [5.41, 5.74) is 10.6. The predicted molar refractivity (Wildman–Crippen MR) is 271 cm³/mol. The number of phosphoric ester groups is 1. The number of primary amides is 1. The van der Waals surface area contributed by atoms with E-state index in [1.54, 1.807) is 32.4 Å². The Morgan fingerprint density at radius 2 is 1.45 bits per heavy atom. The zero-order valence-corrected chi connectivity index (χ0v) is 45.6. The molecule has 0 spiro atoms. The number of nitrogens with one attached hydrogen (secondary N) is 5. The SMILES string of the molecule is CC.CC(C)CCNC(=O)[C@@H](N)CS.CCCCN(C(=O)CCOC(C)(C)CCO)[C@@H](C)C(=O)N[C@@H](CC(C)C)C(=O)N[C@@H](Cc1cncn1C)C(=O)N[C@@H](CO)C(=O)N[C@H](C(N)=O)C(C)OP(=O)(O)O. The van der Waals surface area contributed by atoms with Crippen LogP contribution in [0.15, 0.2) is 12.5 Å². The van der Waals surface area contributed by atoms with E-state index < -0.39 is 91.9 Å². The van der Waals surface area contributed by atoms with Crippen molar-refractivity contribution in [1.29, 1.82) is 0 Å². The van der Waals surface area contributed by atoms with Crippen molar-refractivity contribution in [1.82, 2.24) is 41.0 Å². The molecule has 1 aromatic heterocycles. The van der Waals surface area contributed by atoms with Crippen LogP contribution >= 0.6 is 20.5 Å². The van der Waals surface area contributed by atoms with Crippen molar-refractivity contribution >= 4 is 61.8 Å². The minimum Gasteiger partial charge on any atom is -0.396 e. The number of aliphatic hydroxyl groups is 2. The summed E-state index contributed by atoms with van der Waals surface area (Å²) >= 11 is 3.93. The lowest BCUT2D eigenvalue weighted by Crippen LogP contribution is -2.61. The maximum absolute atomic E-state index is 13.9. The molecule has 7 amide bonds. The normalized spacial score (nSPS) is 14.4. The molecule has 1 rings (SSSR count). The third kappa shape index (κ3) is 29.2. The topological polar surface area (TPSA) is 369 Å². The van der Waals surface area contributed by atoms with Crippen LogP contribution in [0.2, 0.25) is 0 Å². The molecule has 0 aliphatic heterocycles. The Morgan fingerprint density at radius 3 is 1.93 bits per heavy atom. The van der Waals surface area contributed by atoms with Gasteiger partial charge in [0, 0.05) is 50.8 Å². The molecule has 0 saturated carbocycles. The highest BCUT2D eigenvalue weighted by Gasteiger charge is 2.36. The molecule has 0 saturated heterocycles. The largest absolute Gasteiger partial charge is 0.469 e. The van der Waals surface area contributed by atoms with E-state index in [1.165, 1.54) is 17.4 Å². The number of imidazole rings is 1. The zero-order valence-electron chi connectivity index (χ0n) is 43.8. The van der Waals surface area contributed by atoms with Crippen molar-refractivity contribution in [2.75, 3.05) is 38.7 Å². The number of amides is 7. The number of carbonyl (C=O) groups is 7. The number of aliphatic hydroxyl groups excluding tert-OH is 2. The Hall–Kier alpha value is -4.20. The number of hydrogen-bond acceptors (Lipinski definition) is 15. The minimum absolute atomic E-state index is 0.0207. The average Bonchev–Trinajstić information content (AvgIpc) is 3.69. The first-order valence-corrected chi connectivity index (χ1v) is 26.2. The first kappa shape index (κ1) is 68.9. The number of carbonyl (C=O) groups excluding carboxylic acids is 7. The van der Waals surface area contributed by atoms with Crippen LogP contribution in [0.25, 0.3) is 0 Å². The van der Waals surface area contributed by atoms with E-state index in [9.17, 15) is 48.3 Å². The van der Waals surface area contributed by atoms with Crippen LogP contribution in [-0.4, -0.2) is 162 Å². The number of phosphoric acid groups is 1. The summed E-state index contributed by atoms with van der Waals surface area (Å²) in [6.07, 6.45) is 3.94. The number of aryl methyl sites for hydroxylation is 1. The van der Waals surface area contributed by atoms with Gasteiger partial charge in [0.1, 0.15) is 30.2 Å². The molecular weight excluding hydrogens is 968 g/mol. The predicted octanol–water partition coefficient (Wildman–Crippen LogP) is -0.0598. The molecule has 0 aliphatic rings. The molecule has 1 unspecified atom stereocenters. The molecule has 0 aliphatic carbocycles. The van der Waals surface area contributed by atoms with Crippen molar-refractivity contribution in [3.63, 3.8) is 0 Å². The Balaban J connectivity index is 0. The van der Waals surface area contributed by atoms with Crippen LogP contribution in [-0.2, 0) is 60.9 Å². The van der Waals surface area contributed by atoms with E-state index in [1.807, 2.05) is 34.6 Å². The van der Waals surface area contributed by atoms with Crippen LogP contribution in [0.1, 0.15) is 120 Å². The highest BCUT2D eigenvalue weighted by atomic mass is 32.1. The zero-order chi connectivity index (χ0) is 55.2. The van der Waals surface area contributed by atoms with Gasteiger partial charge in [0.2, 0.25) is 41.4 Å². The van der Waals surface area contributed by atoms with Gasteiger partial charge < -0.3 is 72.3 Å². The van der Waals surface area contributed by atoms with Crippen LogP contribution in [0, 0.1) is 11.8 Å². The Morgan fingerprint density at radius 1 is 0.887 bits per heavy atom. The monoisotopic (exact) mass is 1050 g/mol. The molecule has 0 aromatic carbocycles. The second kappa shape index (κ2) is 35.8. The van der Waals surface area contributed by atoms with Gasteiger partial charge in [-0.25, -0.2) is 9.55 Å². The van der Waals surface area contributed by atoms with E-state index in [0.29, 0.717) is 36.8 Å². The summed E-state index contributed by atoms with van der Waals surface area (Å²) in [6.45, 7) is 20.0. The van der Waals surface area contributed by atoms with E-state index in [4.69, 9.17) is 26.0 Å². The smallest absolute Gasteiger partial charge is 0.396 e. The number of nitrogens with zero attached hydrogens (tertiary/aromatic N) is 3. The van der Waals surface area contributed by atoms with Crippen LogP contribution < -0.4 is 38.1 Å². The number of ether oxygens (including phenoxy) is 1. The van der Waals surface area contributed by atoms with Crippen molar-refractivity contribution in [3.8, 4) is 0 Å². The number of rotatable bonds is 32. The second-order valence-electron chi connectivity index (χ2n) is 18.1. The van der Waals surface area contributed by atoms with Crippen molar-refractivity contribution < 1.29 is 67.4 Å². The molecule has 0 bridgehead atoms. The summed E-state index contributed by atoms with van der Waals surface area (Å²) < 4.78 is 23.1. The number of unbranched alkanes of at least 4 members (excludes halogenated alkanes) is 1. The van der Waals surface area contributed by atoms with Gasteiger partial charge in [-0.05, 0) is 65.2 Å². The molecule has 1 heterocycles. The fraction of sp³-hybridized carbons (Fsp3) is 0.778. The van der Waals surface area contributed by atoms with Gasteiger partial charge in [0.15, 0.2) is 0 Å². The van der Waals surface area contributed by atoms with Gasteiger partial charge >= 0.3 is 7.82 Å². The second-order valence-corrected chi connectivity index (χ2v) is 19.7. The van der Waals surface area contributed by atoms with E-state index in [2.05, 4.69) is 62.6 Å². The van der Waals surface area contributed by atoms with Crippen LogP contribution in [0.5, 0.6) is 0 Å². The number of thiol groups is 1. The van der Waals surface area contributed by atoms with Gasteiger partial charge in [-0.3, -0.25) is 38.1 Å². The fourth-order valence-electron chi connectivity index (χ4n) is 6.29. The van der Waals surface area contributed by atoms with E-state index >= 15 is 0 Å². The number of hydrogen-bond donors (Lipinski definition) is 12. The molecule has 24 nitrogen and oxygen atoms in total. The molecule has 1 aromatic rings. The summed E-state index contributed by atoms with van der Waals surface area (Å²) in [7, 11) is -3.47. The Labute approximate surface area is 425 Å². The molecule has 0 fully saturated rings. The Bertz CT molecular complexity index is 1820. The molecule has 0 radical (unpaired) electrons. The highest BCUT2D eigenvalue weighted by Crippen LogP contribution is 2.38. The van der Waals surface area contributed by atoms with Crippen LogP contribution in [0.4, 0.5) is 0 Å². The summed E-state index contributed by atoms with van der Waals surface area (Å²) in [6, 6.07) is -7.59. The lowest BCUT2D eigenvalue weighted by Gasteiger charge is -2.31. The van der Waals surface area contributed by atoms with Crippen molar-refractivity contribution in [2.24, 2.45) is 30.4 Å². The third-order valence-corrected chi connectivity index (χ3v) is 11.5. The lowest BCUT2D eigenvalue weighted by molar-refractivity contribution is -0.143. The standard InChI is InChI=1S/C35H63N8O13P.C8H18N2OS.C2H6/c1-9-10-13-43(28(46)11-15-55-35(6,7)12-14-44)22(4)31(48)38-25(16-21(2)3)32(49)39-26(17-24-18-37-20-42(24)8)33(50)40-27(19-45)34(51)41-29(30(36)47)23(5)56-57(52,53)54;1-6(2)3-4-10-8(11)7(9)5-12;1-2/h18,20-23,25-27,29,44-45H,9-17,19H2,1-8H3,(H2,36,47)(H,38,48)(H,39,49)(H,40,50)(H,41,51)(H2,52,53,54);6-7,12H,3-5,9H2,1-2H3,(H,10,11);1-2H3/t22-,23?,25-,26-,27-,29-;7-;/m00./s1. The summed E-state index contributed by atoms with van der Waals surface area (Å²) in [5.74, 6) is -4.30. The maximum atomic E-state index is 13.9. The van der Waals surface area contributed by atoms with Crippen LogP contribution in [0.3, 0.4) is 0 Å². The first-order valence-electron chi connectivity index (χ1n) is 24.0. The minimum atomic E-state index is -5.11. The first-order chi connectivity index (χ1) is 33.0. The molecule has 7 atom stereocenters. The van der Waals surface area contributed by atoms with Gasteiger partial charge in [-0.1, -0.05) is 54.9 Å². The van der Waals surface area contributed by atoms with E-state index in [0.717, 1.165) is 19.8 Å². The molecule has 412 valence electrons. The summed E-state index contributed by atoms with van der Waals surface area (Å²) in [5, 5.41) is 31.8. The van der Waals surface area contributed by atoms with E-state index in [-0.39, 0.29) is 56.8 Å². The highest BCUT2D eigenvalue weighted by molar-refractivity contribution is 7.80. The van der Waals surface area contributed by atoms with Gasteiger partial charge in [0.05, 0.1) is 43.7 Å². The number of nitrogens with two attached hydrogens (primary N) is 2. The van der Waals surface area contributed by atoms with Gasteiger partial charge in [-0.15, -0.1) is 0 Å². The molecule has 26 heteroatoms. The van der Waals surface area contributed by atoms with Crippen molar-refractivity contribution in [2.45, 2.75) is 169 Å². The summed E-state index contributed by atoms with van der Waals surface area (Å²) in [4.78, 5) is 115. The maximum Gasteiger partial charge on any atom is 0.469 e. The van der Waals surface area contributed by atoms with Gasteiger partial charge in [0.25, 0.3) is 0 Å². The van der Waals surface area contributed by atoms with Gasteiger partial charge in [-0.2, -0.15) is 12.6 Å². The third-order valence-electron chi connectivity index (χ3n) is 10.5. The lowest BCUT2D eigenvalue weighted by atomic mass is 10.0. The molecule has 71 heavy (non-hydrogen) atoms. The number of aromatic nitrogens is 2. The quantitative estimate of drug-likeness (QED) is 0.0332. The molecular formula is C45H87N10O14PS. The molecule has 13 N–H and O–H groups in total. The van der Waals surface area contributed by atoms with Crippen molar-refractivity contribution in [3.05, 3.63) is 18.2 Å². The fourth-order valence-corrected chi connectivity index (χ4v) is 7.01.